The number of aliphatic hydroxyl groups is 1. The molecule has 1 aliphatic rings. The number of aliphatic hydroxyl groups excluding tert-OH is 1. The number of aryl methyl sites for hydroxylation is 1. The summed E-state index contributed by atoms with van der Waals surface area (Å²) in [6.07, 6.45) is 4.25. The molecule has 1 atom stereocenters. The lowest BCUT2D eigenvalue weighted by atomic mass is 9.83. The van der Waals surface area contributed by atoms with Crippen LogP contribution in [0.15, 0.2) is 24.3 Å². The summed E-state index contributed by atoms with van der Waals surface area (Å²) < 4.78 is 13.1. The van der Waals surface area contributed by atoms with Gasteiger partial charge in [0.15, 0.2) is 0 Å². The van der Waals surface area contributed by atoms with Crippen LogP contribution in [0.4, 0.5) is 4.39 Å². The molecule has 0 aromatic heterocycles. The molecule has 0 radical (unpaired) electrons. The van der Waals surface area contributed by atoms with Crippen molar-refractivity contribution in [2.75, 3.05) is 26.2 Å². The Morgan fingerprint density at radius 1 is 1.42 bits per heavy atom. The highest BCUT2D eigenvalue weighted by Gasteiger charge is 2.29. The van der Waals surface area contributed by atoms with Crippen molar-refractivity contribution in [3.8, 4) is 0 Å². The minimum Gasteiger partial charge on any atom is -0.396 e. The van der Waals surface area contributed by atoms with Crippen LogP contribution in [-0.2, 0) is 6.42 Å². The van der Waals surface area contributed by atoms with Crippen molar-refractivity contribution in [3.05, 3.63) is 35.6 Å². The fraction of sp³-hybridized carbons (Fsp3) is 0.625. The predicted octanol–water partition coefficient (Wildman–Crippen LogP) is 2.85. The van der Waals surface area contributed by atoms with E-state index >= 15 is 0 Å². The zero-order valence-corrected chi connectivity index (χ0v) is 11.7. The van der Waals surface area contributed by atoms with Gasteiger partial charge in [0.1, 0.15) is 5.82 Å². The molecule has 0 aliphatic carbocycles. The van der Waals surface area contributed by atoms with Gasteiger partial charge in [0.2, 0.25) is 0 Å². The van der Waals surface area contributed by atoms with E-state index in [2.05, 4.69) is 11.8 Å². The average Bonchev–Trinajstić information content (AvgIpc) is 2.39. The molecule has 1 heterocycles. The Morgan fingerprint density at radius 3 is 3.00 bits per heavy atom. The first-order chi connectivity index (χ1) is 9.11. The molecule has 1 saturated heterocycles. The molecule has 2 nitrogen and oxygen atoms in total. The quantitative estimate of drug-likeness (QED) is 0.885. The van der Waals surface area contributed by atoms with E-state index in [9.17, 15) is 9.50 Å². The molecule has 1 N–H and O–H groups in total. The van der Waals surface area contributed by atoms with Gasteiger partial charge in [0.05, 0.1) is 0 Å². The molecule has 106 valence electrons. The summed E-state index contributed by atoms with van der Waals surface area (Å²) in [4.78, 5) is 2.43. The SMILES string of the molecule is CC1(CO)CCCN(CCCc2cccc(F)c2)C1. The number of likely N-dealkylation sites (tertiary alicyclic amines) is 1. The van der Waals surface area contributed by atoms with Crippen molar-refractivity contribution in [1.82, 2.24) is 4.90 Å². The van der Waals surface area contributed by atoms with Gasteiger partial charge in [-0.1, -0.05) is 19.1 Å². The molecule has 1 aromatic rings. The highest BCUT2D eigenvalue weighted by Crippen LogP contribution is 2.28. The molecule has 19 heavy (non-hydrogen) atoms. The van der Waals surface area contributed by atoms with Gasteiger partial charge in [-0.15, -0.1) is 0 Å². The third-order valence-electron chi connectivity index (χ3n) is 4.07. The van der Waals surface area contributed by atoms with Crippen molar-refractivity contribution in [2.45, 2.75) is 32.6 Å². The summed E-state index contributed by atoms with van der Waals surface area (Å²) in [7, 11) is 0. The second kappa shape index (κ2) is 6.49. The summed E-state index contributed by atoms with van der Waals surface area (Å²) in [5.74, 6) is -0.150. The highest BCUT2D eigenvalue weighted by molar-refractivity contribution is 5.16. The summed E-state index contributed by atoms with van der Waals surface area (Å²) in [5, 5.41) is 9.43. The van der Waals surface area contributed by atoms with Crippen molar-refractivity contribution < 1.29 is 9.50 Å². The number of hydrogen-bond acceptors (Lipinski definition) is 2. The lowest BCUT2D eigenvalue weighted by Crippen LogP contribution is -2.43. The van der Waals surface area contributed by atoms with E-state index in [1.807, 2.05) is 6.07 Å². The Balaban J connectivity index is 1.76. The number of nitrogens with zero attached hydrogens (tertiary/aromatic N) is 1. The number of hydrogen-bond donors (Lipinski definition) is 1. The Labute approximate surface area is 115 Å². The largest absolute Gasteiger partial charge is 0.396 e. The number of benzene rings is 1. The fourth-order valence-electron chi connectivity index (χ4n) is 2.95. The van der Waals surface area contributed by atoms with Gasteiger partial charge >= 0.3 is 0 Å². The van der Waals surface area contributed by atoms with E-state index in [0.717, 1.165) is 50.9 Å². The first kappa shape index (κ1) is 14.5. The zero-order valence-electron chi connectivity index (χ0n) is 11.7. The van der Waals surface area contributed by atoms with Crippen LogP contribution in [-0.4, -0.2) is 36.2 Å². The van der Waals surface area contributed by atoms with Gasteiger partial charge in [-0.05, 0) is 56.5 Å². The number of rotatable bonds is 5. The van der Waals surface area contributed by atoms with E-state index < -0.39 is 0 Å². The number of piperidine rings is 1. The molecule has 0 spiro atoms. The molecule has 3 heteroatoms. The molecule has 0 bridgehead atoms. The second-order valence-corrected chi connectivity index (χ2v) is 6.08. The van der Waals surface area contributed by atoms with Crippen LogP contribution in [0.2, 0.25) is 0 Å². The van der Waals surface area contributed by atoms with Crippen LogP contribution < -0.4 is 0 Å². The van der Waals surface area contributed by atoms with Crippen LogP contribution in [0.1, 0.15) is 31.7 Å². The van der Waals surface area contributed by atoms with Crippen molar-refractivity contribution >= 4 is 0 Å². The van der Waals surface area contributed by atoms with E-state index in [-0.39, 0.29) is 17.8 Å². The first-order valence-electron chi connectivity index (χ1n) is 7.19. The van der Waals surface area contributed by atoms with E-state index in [4.69, 9.17) is 0 Å². The van der Waals surface area contributed by atoms with Gasteiger partial charge in [0.25, 0.3) is 0 Å². The average molecular weight is 265 g/mol. The Bertz CT molecular complexity index is 409. The molecular formula is C16H24FNO. The Morgan fingerprint density at radius 2 is 2.26 bits per heavy atom. The summed E-state index contributed by atoms with van der Waals surface area (Å²) in [6.45, 7) is 5.57. The third-order valence-corrected chi connectivity index (χ3v) is 4.07. The van der Waals surface area contributed by atoms with E-state index in [1.165, 1.54) is 6.07 Å². The summed E-state index contributed by atoms with van der Waals surface area (Å²) in [5.41, 5.74) is 1.14. The van der Waals surface area contributed by atoms with E-state index in [0.29, 0.717) is 0 Å². The Hall–Kier alpha value is -0.930. The maximum atomic E-state index is 13.1. The standard InChI is InChI=1S/C16H24FNO/c1-16(13-19)8-4-10-18(12-16)9-3-6-14-5-2-7-15(17)11-14/h2,5,7,11,19H,3-4,6,8-10,12-13H2,1H3. The Kier molecular flexibility index (Phi) is 4.94. The molecule has 1 aromatic carbocycles. The lowest BCUT2D eigenvalue weighted by Gasteiger charge is -2.39. The molecule has 1 aliphatic heterocycles. The summed E-state index contributed by atoms with van der Waals surface area (Å²) in [6, 6.07) is 6.86. The minimum atomic E-state index is -0.150. The normalized spacial score (nSPS) is 24.6. The highest BCUT2D eigenvalue weighted by atomic mass is 19.1. The smallest absolute Gasteiger partial charge is 0.123 e. The fourth-order valence-corrected chi connectivity index (χ4v) is 2.95. The zero-order chi connectivity index (χ0) is 13.7. The topological polar surface area (TPSA) is 23.5 Å². The monoisotopic (exact) mass is 265 g/mol. The second-order valence-electron chi connectivity index (χ2n) is 6.08. The first-order valence-corrected chi connectivity index (χ1v) is 7.19. The maximum Gasteiger partial charge on any atom is 0.123 e. The van der Waals surface area contributed by atoms with Gasteiger partial charge in [0, 0.05) is 18.6 Å². The minimum absolute atomic E-state index is 0.0666. The molecule has 2 rings (SSSR count). The third kappa shape index (κ3) is 4.29. The number of halogens is 1. The van der Waals surface area contributed by atoms with Crippen LogP contribution >= 0.6 is 0 Å². The van der Waals surface area contributed by atoms with Crippen molar-refractivity contribution in [1.29, 1.82) is 0 Å². The van der Waals surface area contributed by atoms with E-state index in [1.54, 1.807) is 12.1 Å². The van der Waals surface area contributed by atoms with Gasteiger partial charge in [-0.25, -0.2) is 4.39 Å². The van der Waals surface area contributed by atoms with Crippen molar-refractivity contribution in [3.63, 3.8) is 0 Å². The van der Waals surface area contributed by atoms with Crippen LogP contribution in [0.5, 0.6) is 0 Å². The molecule has 0 amide bonds. The van der Waals surface area contributed by atoms with Crippen molar-refractivity contribution in [2.24, 2.45) is 5.41 Å². The lowest BCUT2D eigenvalue weighted by molar-refractivity contribution is 0.0462. The maximum absolute atomic E-state index is 13.1. The van der Waals surface area contributed by atoms with Crippen LogP contribution in [0.25, 0.3) is 0 Å². The molecular weight excluding hydrogens is 241 g/mol. The van der Waals surface area contributed by atoms with Gasteiger partial charge in [-0.3, -0.25) is 0 Å². The van der Waals surface area contributed by atoms with Gasteiger partial charge < -0.3 is 10.0 Å². The molecule has 1 fully saturated rings. The molecule has 1 unspecified atom stereocenters. The molecule has 0 saturated carbocycles. The van der Waals surface area contributed by atoms with Crippen LogP contribution in [0, 0.1) is 11.2 Å². The van der Waals surface area contributed by atoms with Crippen LogP contribution in [0.3, 0.4) is 0 Å². The predicted molar refractivity (Wildman–Crippen MR) is 75.6 cm³/mol. The van der Waals surface area contributed by atoms with Gasteiger partial charge in [-0.2, -0.15) is 0 Å². The summed E-state index contributed by atoms with van der Waals surface area (Å²) >= 11 is 0.